The number of anilines is 2. The third-order valence-electron chi connectivity index (χ3n) is 8.28. The Morgan fingerprint density at radius 2 is 1.05 bits per heavy atom. The first-order valence-corrected chi connectivity index (χ1v) is 15.2. The fourth-order valence-corrected chi connectivity index (χ4v) is 6.33. The summed E-state index contributed by atoms with van der Waals surface area (Å²) in [6.07, 6.45) is -0.0496. The van der Waals surface area contributed by atoms with Gasteiger partial charge in [0, 0.05) is 45.5 Å². The summed E-state index contributed by atoms with van der Waals surface area (Å²) in [7, 11) is 7.72. The third kappa shape index (κ3) is 6.84. The molecule has 0 amide bonds. The van der Waals surface area contributed by atoms with Gasteiger partial charge in [0.15, 0.2) is 11.3 Å². The van der Waals surface area contributed by atoms with Crippen LogP contribution >= 0.6 is 0 Å². The normalized spacial score (nSPS) is 18.8. The van der Waals surface area contributed by atoms with Crippen molar-refractivity contribution in [3.63, 3.8) is 0 Å². The molecule has 3 atom stereocenters. The first-order chi connectivity index (χ1) is 21.0. The van der Waals surface area contributed by atoms with Crippen molar-refractivity contribution in [2.45, 2.75) is 46.0 Å². The monoisotopic (exact) mass is 610 g/mol. The van der Waals surface area contributed by atoms with Crippen LogP contribution < -0.4 is 9.80 Å². The van der Waals surface area contributed by atoms with Crippen LogP contribution in [0.25, 0.3) is 0 Å². The maximum Gasteiger partial charge on any atom is 0.323 e. The highest BCUT2D eigenvalue weighted by molar-refractivity contribution is 6.04. The van der Waals surface area contributed by atoms with Gasteiger partial charge in [0.2, 0.25) is 0 Å². The van der Waals surface area contributed by atoms with Crippen molar-refractivity contribution in [2.24, 2.45) is 17.3 Å². The molecule has 0 spiro atoms. The van der Waals surface area contributed by atoms with Crippen LogP contribution in [0.15, 0.2) is 48.5 Å². The summed E-state index contributed by atoms with van der Waals surface area (Å²) in [6, 6.07) is 15.5. The van der Waals surface area contributed by atoms with E-state index in [0.717, 1.165) is 22.5 Å². The van der Waals surface area contributed by atoms with Crippen LogP contribution in [0.2, 0.25) is 0 Å². The van der Waals surface area contributed by atoms with Crippen LogP contribution in [-0.2, 0) is 38.1 Å². The van der Waals surface area contributed by atoms with Crippen LogP contribution in [0, 0.1) is 17.3 Å². The van der Waals surface area contributed by atoms with Gasteiger partial charge in [0.25, 0.3) is 0 Å². The second-order valence-electron chi connectivity index (χ2n) is 11.2. The Morgan fingerprint density at radius 1 is 0.659 bits per heavy atom. The van der Waals surface area contributed by atoms with Crippen molar-refractivity contribution < 1.29 is 38.1 Å². The van der Waals surface area contributed by atoms with Gasteiger partial charge in [-0.2, -0.15) is 0 Å². The first-order valence-electron chi connectivity index (χ1n) is 15.2. The van der Waals surface area contributed by atoms with Crippen molar-refractivity contribution >= 4 is 35.3 Å². The van der Waals surface area contributed by atoms with E-state index in [2.05, 4.69) is 0 Å². The molecular weight excluding hydrogens is 564 g/mol. The van der Waals surface area contributed by atoms with E-state index in [4.69, 9.17) is 18.9 Å². The maximum absolute atomic E-state index is 14.2. The molecule has 1 aliphatic carbocycles. The minimum absolute atomic E-state index is 0.00903. The lowest BCUT2D eigenvalue weighted by Gasteiger charge is -2.36. The van der Waals surface area contributed by atoms with E-state index < -0.39 is 53.0 Å². The summed E-state index contributed by atoms with van der Waals surface area (Å²) < 4.78 is 22.0. The summed E-state index contributed by atoms with van der Waals surface area (Å²) in [6.45, 7) is 6.50. The van der Waals surface area contributed by atoms with Crippen molar-refractivity contribution in [3.05, 3.63) is 59.7 Å². The van der Waals surface area contributed by atoms with Gasteiger partial charge in [0.05, 0.1) is 26.4 Å². The van der Waals surface area contributed by atoms with Gasteiger partial charge in [-0.3, -0.25) is 19.2 Å². The van der Waals surface area contributed by atoms with E-state index >= 15 is 0 Å². The molecule has 10 nitrogen and oxygen atoms in total. The SMILES string of the molecule is CCOC(=O)C(C(=O)OCC)[C@@H]1[C@@H](c2ccc(N(C)C)cc2)[C@H](c2ccc(N(C)C)cc2)CC1(C(=O)OCC)C(=O)OCC. The van der Waals surface area contributed by atoms with Crippen LogP contribution in [0.5, 0.6) is 0 Å². The zero-order valence-electron chi connectivity index (χ0n) is 27.1. The van der Waals surface area contributed by atoms with Gasteiger partial charge >= 0.3 is 23.9 Å². The number of carbonyl (C=O) groups is 4. The third-order valence-corrected chi connectivity index (χ3v) is 8.28. The number of carbonyl (C=O) groups excluding carboxylic acids is 4. The topological polar surface area (TPSA) is 112 Å². The number of benzene rings is 2. The highest BCUT2D eigenvalue weighted by atomic mass is 16.6. The highest BCUT2D eigenvalue weighted by Crippen LogP contribution is 2.62. The molecule has 10 heteroatoms. The lowest BCUT2D eigenvalue weighted by atomic mass is 9.66. The first kappa shape index (κ1) is 34.4. The van der Waals surface area contributed by atoms with Gasteiger partial charge in [-0.05, 0) is 81.3 Å². The molecule has 44 heavy (non-hydrogen) atoms. The standard InChI is InChI=1S/C34H46N2O8/c1-9-41-30(37)28(31(38)42-10-2)29-27(23-15-19-25(20-16-23)36(7)8)26(22-13-17-24(18-14-22)35(5)6)21-34(29,32(39)43-11-3)33(40)44-12-4/h13-20,26-29H,9-12,21H2,1-8H3/t26-,27-,29-/m0/s1. The van der Waals surface area contributed by atoms with Gasteiger partial charge < -0.3 is 28.7 Å². The quantitative estimate of drug-likeness (QED) is 0.182. The van der Waals surface area contributed by atoms with Crippen molar-refractivity contribution in [3.8, 4) is 0 Å². The molecule has 0 saturated heterocycles. The summed E-state index contributed by atoms with van der Waals surface area (Å²) in [5.41, 5.74) is 1.48. The van der Waals surface area contributed by atoms with E-state index in [1.54, 1.807) is 27.7 Å². The van der Waals surface area contributed by atoms with Crippen LogP contribution in [0.1, 0.15) is 57.1 Å². The molecule has 1 aliphatic rings. The summed E-state index contributed by atoms with van der Waals surface area (Å²) in [4.78, 5) is 59.7. The lowest BCUT2D eigenvalue weighted by molar-refractivity contribution is -0.181. The largest absolute Gasteiger partial charge is 0.465 e. The number of ether oxygens (including phenoxy) is 4. The summed E-state index contributed by atoms with van der Waals surface area (Å²) >= 11 is 0. The summed E-state index contributed by atoms with van der Waals surface area (Å²) in [5, 5.41) is 0. The summed E-state index contributed by atoms with van der Waals surface area (Å²) in [5.74, 6) is -7.42. The molecule has 1 saturated carbocycles. The van der Waals surface area contributed by atoms with Crippen molar-refractivity contribution in [1.29, 1.82) is 0 Å². The predicted octanol–water partition coefficient (Wildman–Crippen LogP) is 4.56. The number of hydrogen-bond donors (Lipinski definition) is 0. The number of esters is 4. The fraction of sp³-hybridized carbons (Fsp3) is 0.529. The Balaban J connectivity index is 2.44. The van der Waals surface area contributed by atoms with Gasteiger partial charge in [0.1, 0.15) is 0 Å². The minimum Gasteiger partial charge on any atom is -0.465 e. The Bertz CT molecular complexity index is 1250. The van der Waals surface area contributed by atoms with E-state index in [0.29, 0.717) is 0 Å². The number of hydrogen-bond acceptors (Lipinski definition) is 10. The molecule has 0 N–H and O–H groups in total. The van der Waals surface area contributed by atoms with Gasteiger partial charge in [-0.1, -0.05) is 24.3 Å². The van der Waals surface area contributed by atoms with E-state index in [9.17, 15) is 19.2 Å². The number of rotatable bonds is 13. The molecule has 0 aliphatic heterocycles. The Kier molecular flexibility index (Phi) is 11.8. The zero-order valence-corrected chi connectivity index (χ0v) is 27.1. The molecule has 240 valence electrons. The number of nitrogens with zero attached hydrogens (tertiary/aromatic N) is 2. The van der Waals surface area contributed by atoms with Crippen molar-refractivity contribution in [2.75, 3.05) is 64.4 Å². The fourth-order valence-electron chi connectivity index (χ4n) is 6.33. The molecule has 0 bridgehead atoms. The van der Waals surface area contributed by atoms with Crippen LogP contribution in [0.3, 0.4) is 0 Å². The van der Waals surface area contributed by atoms with Crippen molar-refractivity contribution in [1.82, 2.24) is 0 Å². The molecule has 0 heterocycles. The molecule has 0 unspecified atom stereocenters. The maximum atomic E-state index is 14.2. The van der Waals surface area contributed by atoms with E-state index in [1.165, 1.54) is 0 Å². The molecule has 2 aromatic carbocycles. The lowest BCUT2D eigenvalue weighted by Crippen LogP contribution is -2.52. The Hall–Kier alpha value is -4.08. The van der Waals surface area contributed by atoms with Gasteiger partial charge in [-0.15, -0.1) is 0 Å². The Morgan fingerprint density at radius 3 is 1.41 bits per heavy atom. The highest BCUT2D eigenvalue weighted by Gasteiger charge is 2.69. The molecule has 0 radical (unpaired) electrons. The minimum atomic E-state index is -2.01. The molecule has 0 aromatic heterocycles. The smallest absolute Gasteiger partial charge is 0.323 e. The molecular formula is C34H46N2O8. The average Bonchev–Trinajstić information content (AvgIpc) is 3.34. The van der Waals surface area contributed by atoms with E-state index in [1.807, 2.05) is 86.5 Å². The molecule has 3 rings (SSSR count). The molecule has 2 aromatic rings. The Labute approximate surface area is 260 Å². The second-order valence-corrected chi connectivity index (χ2v) is 11.2. The van der Waals surface area contributed by atoms with Crippen LogP contribution in [-0.4, -0.2) is 78.5 Å². The zero-order chi connectivity index (χ0) is 32.6. The predicted molar refractivity (Wildman–Crippen MR) is 168 cm³/mol. The average molecular weight is 611 g/mol. The van der Waals surface area contributed by atoms with Crippen LogP contribution in [0.4, 0.5) is 11.4 Å². The molecule has 1 fully saturated rings. The van der Waals surface area contributed by atoms with Gasteiger partial charge in [-0.25, -0.2) is 0 Å². The second kappa shape index (κ2) is 15.1. The van der Waals surface area contributed by atoms with E-state index in [-0.39, 0.29) is 32.8 Å².